The zero-order valence-electron chi connectivity index (χ0n) is 9.18. The molecule has 0 bridgehead atoms. The highest BCUT2D eigenvalue weighted by molar-refractivity contribution is 5.96. The molecular weight excluding hydrogens is 221 g/mol. The van der Waals surface area contributed by atoms with Crippen LogP contribution in [0.25, 0.3) is 11.1 Å². The van der Waals surface area contributed by atoms with Crippen LogP contribution < -0.4 is 0 Å². The molecule has 17 heavy (non-hydrogen) atoms. The number of benzene rings is 1. The minimum absolute atomic E-state index is 0.250. The Morgan fingerprint density at radius 1 is 1.24 bits per heavy atom. The maximum absolute atomic E-state index is 13.7. The van der Waals surface area contributed by atoms with E-state index in [2.05, 4.69) is 9.72 Å². The second-order valence-corrected chi connectivity index (χ2v) is 3.39. The van der Waals surface area contributed by atoms with Gasteiger partial charge in [-0.15, -0.1) is 0 Å². The first-order valence-corrected chi connectivity index (χ1v) is 5.01. The summed E-state index contributed by atoms with van der Waals surface area (Å²) in [6, 6.07) is 7.84. The number of pyridine rings is 1. The van der Waals surface area contributed by atoms with Gasteiger partial charge in [0.25, 0.3) is 0 Å². The summed E-state index contributed by atoms with van der Waals surface area (Å²) in [6.07, 6.45) is 2.88. The standard InChI is InChI=1S/C13H10FNO2/c1-17-13(16)11-8-15-7-6-9(11)10-4-2-3-5-12(10)14/h2-8H,1H3. The van der Waals surface area contributed by atoms with Gasteiger partial charge < -0.3 is 4.74 Å². The second kappa shape index (κ2) is 4.74. The first-order chi connectivity index (χ1) is 8.24. The molecule has 0 spiro atoms. The van der Waals surface area contributed by atoms with Crippen molar-refractivity contribution < 1.29 is 13.9 Å². The molecule has 4 heteroatoms. The highest BCUT2D eigenvalue weighted by Gasteiger charge is 2.15. The van der Waals surface area contributed by atoms with Crippen molar-refractivity contribution in [1.82, 2.24) is 4.98 Å². The quantitative estimate of drug-likeness (QED) is 0.746. The van der Waals surface area contributed by atoms with Crippen molar-refractivity contribution in [3.05, 3.63) is 54.1 Å². The molecule has 0 aliphatic carbocycles. The number of hydrogen-bond acceptors (Lipinski definition) is 3. The Hall–Kier alpha value is -2.23. The molecule has 0 aliphatic rings. The van der Waals surface area contributed by atoms with Crippen molar-refractivity contribution in [3.8, 4) is 11.1 Å². The minimum atomic E-state index is -0.531. The Balaban J connectivity index is 2.60. The maximum atomic E-state index is 13.7. The van der Waals surface area contributed by atoms with Crippen LogP contribution >= 0.6 is 0 Å². The molecule has 0 N–H and O–H groups in total. The van der Waals surface area contributed by atoms with Gasteiger partial charge in [-0.2, -0.15) is 0 Å². The molecule has 0 saturated carbocycles. The maximum Gasteiger partial charge on any atom is 0.340 e. The van der Waals surface area contributed by atoms with E-state index >= 15 is 0 Å². The van der Waals surface area contributed by atoms with E-state index in [1.807, 2.05) is 0 Å². The number of esters is 1. The third kappa shape index (κ3) is 2.15. The predicted octanol–water partition coefficient (Wildman–Crippen LogP) is 2.67. The number of methoxy groups -OCH3 is 1. The molecule has 0 amide bonds. The van der Waals surface area contributed by atoms with E-state index in [9.17, 15) is 9.18 Å². The van der Waals surface area contributed by atoms with Crippen LogP contribution in [0.5, 0.6) is 0 Å². The van der Waals surface area contributed by atoms with Crippen LogP contribution in [0, 0.1) is 5.82 Å². The van der Waals surface area contributed by atoms with Gasteiger partial charge in [0, 0.05) is 23.5 Å². The number of halogens is 1. The molecule has 0 fully saturated rings. The predicted molar refractivity (Wildman–Crippen MR) is 61.0 cm³/mol. The summed E-state index contributed by atoms with van der Waals surface area (Å²) in [6.45, 7) is 0. The molecule has 0 aliphatic heterocycles. The fourth-order valence-corrected chi connectivity index (χ4v) is 1.58. The van der Waals surface area contributed by atoms with E-state index in [0.717, 1.165) is 0 Å². The van der Waals surface area contributed by atoms with Gasteiger partial charge in [-0.25, -0.2) is 9.18 Å². The topological polar surface area (TPSA) is 39.2 Å². The van der Waals surface area contributed by atoms with Gasteiger partial charge in [-0.3, -0.25) is 4.98 Å². The lowest BCUT2D eigenvalue weighted by molar-refractivity contribution is 0.0601. The zero-order chi connectivity index (χ0) is 12.3. The van der Waals surface area contributed by atoms with Crippen molar-refractivity contribution >= 4 is 5.97 Å². The number of hydrogen-bond donors (Lipinski definition) is 0. The number of aromatic nitrogens is 1. The molecule has 1 aromatic heterocycles. The average molecular weight is 231 g/mol. The van der Waals surface area contributed by atoms with Crippen LogP contribution in [0.15, 0.2) is 42.7 Å². The van der Waals surface area contributed by atoms with Crippen molar-refractivity contribution in [3.63, 3.8) is 0 Å². The first-order valence-electron chi connectivity index (χ1n) is 5.01. The van der Waals surface area contributed by atoms with Gasteiger partial charge in [0.2, 0.25) is 0 Å². The van der Waals surface area contributed by atoms with Gasteiger partial charge in [0.05, 0.1) is 12.7 Å². The van der Waals surface area contributed by atoms with Gasteiger partial charge in [0.15, 0.2) is 0 Å². The first kappa shape index (κ1) is 11.3. The lowest BCUT2D eigenvalue weighted by Gasteiger charge is -2.07. The largest absolute Gasteiger partial charge is 0.465 e. The molecule has 86 valence electrons. The third-order valence-electron chi connectivity index (χ3n) is 2.39. The normalized spacial score (nSPS) is 10.0. The summed E-state index contributed by atoms with van der Waals surface area (Å²) >= 11 is 0. The Morgan fingerprint density at radius 3 is 2.71 bits per heavy atom. The number of carbonyl (C=O) groups excluding carboxylic acids is 1. The Labute approximate surface area is 97.9 Å². The molecule has 0 saturated heterocycles. The fraction of sp³-hybridized carbons (Fsp3) is 0.0769. The summed E-state index contributed by atoms with van der Waals surface area (Å²) in [5.41, 5.74) is 1.08. The summed E-state index contributed by atoms with van der Waals surface area (Å²) in [5, 5.41) is 0. The van der Waals surface area contributed by atoms with E-state index < -0.39 is 5.97 Å². The summed E-state index contributed by atoms with van der Waals surface area (Å²) < 4.78 is 18.3. The van der Waals surface area contributed by atoms with Gasteiger partial charge >= 0.3 is 5.97 Å². The molecular formula is C13H10FNO2. The lowest BCUT2D eigenvalue weighted by Crippen LogP contribution is -2.04. The van der Waals surface area contributed by atoms with Crippen molar-refractivity contribution in [1.29, 1.82) is 0 Å². The van der Waals surface area contributed by atoms with Crippen molar-refractivity contribution in [2.75, 3.05) is 7.11 Å². The monoisotopic (exact) mass is 231 g/mol. The van der Waals surface area contributed by atoms with Crippen LogP contribution in [0.3, 0.4) is 0 Å². The van der Waals surface area contributed by atoms with Crippen LogP contribution in [-0.4, -0.2) is 18.1 Å². The second-order valence-electron chi connectivity index (χ2n) is 3.39. The van der Waals surface area contributed by atoms with Gasteiger partial charge in [0.1, 0.15) is 5.82 Å². The Morgan fingerprint density at radius 2 is 2.00 bits per heavy atom. The minimum Gasteiger partial charge on any atom is -0.465 e. The summed E-state index contributed by atoms with van der Waals surface area (Å²) in [4.78, 5) is 15.4. The molecule has 1 aromatic carbocycles. The van der Waals surface area contributed by atoms with E-state index in [-0.39, 0.29) is 11.4 Å². The van der Waals surface area contributed by atoms with E-state index in [1.54, 1.807) is 24.3 Å². The zero-order valence-corrected chi connectivity index (χ0v) is 9.18. The van der Waals surface area contributed by atoms with Crippen LogP contribution in [-0.2, 0) is 4.74 Å². The molecule has 0 radical (unpaired) electrons. The van der Waals surface area contributed by atoms with Crippen molar-refractivity contribution in [2.45, 2.75) is 0 Å². The molecule has 2 aromatic rings. The molecule has 0 atom stereocenters. The summed E-state index contributed by atoms with van der Waals surface area (Å²) in [7, 11) is 1.28. The highest BCUT2D eigenvalue weighted by Crippen LogP contribution is 2.25. The molecule has 0 unspecified atom stereocenters. The Bertz CT molecular complexity index is 555. The van der Waals surface area contributed by atoms with Crippen LogP contribution in [0.1, 0.15) is 10.4 Å². The lowest BCUT2D eigenvalue weighted by atomic mass is 10.0. The third-order valence-corrected chi connectivity index (χ3v) is 2.39. The summed E-state index contributed by atoms with van der Waals surface area (Å²) in [5.74, 6) is -0.916. The van der Waals surface area contributed by atoms with Gasteiger partial charge in [-0.1, -0.05) is 18.2 Å². The van der Waals surface area contributed by atoms with Crippen LogP contribution in [0.2, 0.25) is 0 Å². The number of carbonyl (C=O) groups is 1. The SMILES string of the molecule is COC(=O)c1cnccc1-c1ccccc1F. The average Bonchev–Trinajstić information content (AvgIpc) is 2.38. The van der Waals surface area contributed by atoms with Crippen molar-refractivity contribution in [2.24, 2.45) is 0 Å². The van der Waals surface area contributed by atoms with Gasteiger partial charge in [-0.05, 0) is 12.1 Å². The van der Waals surface area contributed by atoms with E-state index in [0.29, 0.717) is 11.1 Å². The Kier molecular flexibility index (Phi) is 3.14. The highest BCUT2D eigenvalue weighted by atomic mass is 19.1. The van der Waals surface area contributed by atoms with E-state index in [1.165, 1.54) is 25.6 Å². The van der Waals surface area contributed by atoms with Crippen LogP contribution in [0.4, 0.5) is 4.39 Å². The number of nitrogens with zero attached hydrogens (tertiary/aromatic N) is 1. The smallest absolute Gasteiger partial charge is 0.340 e. The fourth-order valence-electron chi connectivity index (χ4n) is 1.58. The molecule has 3 nitrogen and oxygen atoms in total. The number of ether oxygens (including phenoxy) is 1. The molecule has 1 heterocycles. The number of rotatable bonds is 2. The van der Waals surface area contributed by atoms with E-state index in [4.69, 9.17) is 0 Å². The molecule has 2 rings (SSSR count).